The van der Waals surface area contributed by atoms with Crippen molar-refractivity contribution in [3.8, 4) is 0 Å². The molecule has 1 aliphatic heterocycles. The van der Waals surface area contributed by atoms with Crippen LogP contribution in [0.3, 0.4) is 0 Å². The highest BCUT2D eigenvalue weighted by Crippen LogP contribution is 2.11. The number of carbonyl (C=O) groups is 2. The van der Waals surface area contributed by atoms with Gasteiger partial charge < -0.3 is 10.2 Å². The van der Waals surface area contributed by atoms with Crippen LogP contribution in [0.4, 0.5) is 0 Å². The van der Waals surface area contributed by atoms with E-state index in [1.54, 1.807) is 0 Å². The number of hydrogen-bond donors (Lipinski definition) is 1. The van der Waals surface area contributed by atoms with Gasteiger partial charge in [-0.1, -0.05) is 23.7 Å². The van der Waals surface area contributed by atoms with Crippen molar-refractivity contribution in [2.45, 2.75) is 32.1 Å². The van der Waals surface area contributed by atoms with E-state index in [9.17, 15) is 9.59 Å². The highest BCUT2D eigenvalue weighted by atomic mass is 35.5. The van der Waals surface area contributed by atoms with Crippen LogP contribution >= 0.6 is 11.6 Å². The van der Waals surface area contributed by atoms with E-state index in [4.69, 9.17) is 11.6 Å². The van der Waals surface area contributed by atoms with Crippen molar-refractivity contribution in [1.29, 1.82) is 0 Å². The molecule has 1 N–H and O–H groups in total. The van der Waals surface area contributed by atoms with Gasteiger partial charge in [0.05, 0.1) is 0 Å². The number of hydrogen-bond acceptors (Lipinski definition) is 2. The lowest BCUT2D eigenvalue weighted by Gasteiger charge is -2.15. The lowest BCUT2D eigenvalue weighted by Crippen LogP contribution is -2.30. The Kier molecular flexibility index (Phi) is 6.05. The Hall–Kier alpha value is -1.55. The molecule has 21 heavy (non-hydrogen) atoms. The molecule has 0 spiro atoms. The Balaban J connectivity index is 1.57. The van der Waals surface area contributed by atoms with Crippen LogP contribution in [-0.4, -0.2) is 36.3 Å². The smallest absolute Gasteiger partial charge is 0.222 e. The number of carbonyl (C=O) groups excluding carboxylic acids is 2. The molecule has 0 aliphatic carbocycles. The minimum atomic E-state index is 0.0534. The molecule has 1 aromatic carbocycles. The topological polar surface area (TPSA) is 49.4 Å². The average molecular weight is 309 g/mol. The molecule has 0 bridgehead atoms. The third-order valence-electron chi connectivity index (χ3n) is 3.65. The first-order chi connectivity index (χ1) is 10.1. The second kappa shape index (κ2) is 8.03. The SMILES string of the molecule is O=C(CCc1ccc(Cl)cc1)NCCCN1CCCC1=O. The maximum Gasteiger partial charge on any atom is 0.222 e. The van der Waals surface area contributed by atoms with E-state index < -0.39 is 0 Å². The summed E-state index contributed by atoms with van der Waals surface area (Å²) in [6.07, 6.45) is 3.65. The van der Waals surface area contributed by atoms with Gasteiger partial charge in [0.2, 0.25) is 11.8 Å². The van der Waals surface area contributed by atoms with E-state index in [1.165, 1.54) is 0 Å². The van der Waals surface area contributed by atoms with Gasteiger partial charge in [-0.05, 0) is 37.0 Å². The fourth-order valence-corrected chi connectivity index (χ4v) is 2.56. The summed E-state index contributed by atoms with van der Waals surface area (Å²) in [6, 6.07) is 7.55. The Morgan fingerprint density at radius 1 is 1.29 bits per heavy atom. The second-order valence-electron chi connectivity index (χ2n) is 5.31. The molecule has 1 saturated heterocycles. The van der Waals surface area contributed by atoms with Crippen LogP contribution in [0.15, 0.2) is 24.3 Å². The summed E-state index contributed by atoms with van der Waals surface area (Å²) >= 11 is 5.82. The standard InChI is InChI=1S/C16H21ClN2O2/c17-14-7-4-13(5-8-14)6-9-15(20)18-10-2-12-19-11-1-3-16(19)21/h4-5,7-8H,1-3,6,9-12H2,(H,18,20). The largest absolute Gasteiger partial charge is 0.356 e. The lowest BCUT2D eigenvalue weighted by atomic mass is 10.1. The summed E-state index contributed by atoms with van der Waals surface area (Å²) < 4.78 is 0. The van der Waals surface area contributed by atoms with Crippen LogP contribution in [0.25, 0.3) is 0 Å². The summed E-state index contributed by atoms with van der Waals surface area (Å²) in [7, 11) is 0. The number of amides is 2. The van der Waals surface area contributed by atoms with Crippen molar-refractivity contribution in [1.82, 2.24) is 10.2 Å². The predicted molar refractivity (Wildman–Crippen MR) is 83.2 cm³/mol. The zero-order chi connectivity index (χ0) is 15.1. The number of nitrogens with one attached hydrogen (secondary N) is 1. The molecule has 1 fully saturated rings. The van der Waals surface area contributed by atoms with Crippen LogP contribution in [0.2, 0.25) is 5.02 Å². The van der Waals surface area contributed by atoms with E-state index in [-0.39, 0.29) is 11.8 Å². The molecule has 4 nitrogen and oxygen atoms in total. The Bertz CT molecular complexity index is 488. The summed E-state index contributed by atoms with van der Waals surface area (Å²) in [6.45, 7) is 2.24. The Labute approximate surface area is 130 Å². The third-order valence-corrected chi connectivity index (χ3v) is 3.90. The normalized spacial score (nSPS) is 14.5. The minimum Gasteiger partial charge on any atom is -0.356 e. The third kappa shape index (κ3) is 5.38. The molecule has 0 atom stereocenters. The summed E-state index contributed by atoms with van der Waals surface area (Å²) in [5.74, 6) is 0.293. The van der Waals surface area contributed by atoms with Gasteiger partial charge in [0.1, 0.15) is 0 Å². The van der Waals surface area contributed by atoms with Crippen molar-refractivity contribution in [2.24, 2.45) is 0 Å². The van der Waals surface area contributed by atoms with Gasteiger partial charge in [-0.25, -0.2) is 0 Å². The maximum atomic E-state index is 11.7. The fraction of sp³-hybridized carbons (Fsp3) is 0.500. The van der Waals surface area contributed by atoms with E-state index in [2.05, 4.69) is 5.32 Å². The molecular formula is C16H21ClN2O2. The van der Waals surface area contributed by atoms with Crippen molar-refractivity contribution in [3.05, 3.63) is 34.9 Å². The number of likely N-dealkylation sites (tertiary alicyclic amines) is 1. The molecule has 1 heterocycles. The second-order valence-corrected chi connectivity index (χ2v) is 5.75. The predicted octanol–water partition coefficient (Wildman–Crippen LogP) is 2.40. The number of nitrogens with zero attached hydrogens (tertiary/aromatic N) is 1. The van der Waals surface area contributed by atoms with Crippen LogP contribution in [0.1, 0.15) is 31.2 Å². The van der Waals surface area contributed by atoms with E-state index >= 15 is 0 Å². The quantitative estimate of drug-likeness (QED) is 0.786. The van der Waals surface area contributed by atoms with Crippen LogP contribution in [-0.2, 0) is 16.0 Å². The van der Waals surface area contributed by atoms with Gasteiger partial charge >= 0.3 is 0 Å². The van der Waals surface area contributed by atoms with Gasteiger partial charge in [0, 0.05) is 37.5 Å². The molecular weight excluding hydrogens is 288 g/mol. The molecule has 0 aromatic heterocycles. The fourth-order valence-electron chi connectivity index (χ4n) is 2.44. The van der Waals surface area contributed by atoms with Gasteiger partial charge in [-0.15, -0.1) is 0 Å². The minimum absolute atomic E-state index is 0.0534. The van der Waals surface area contributed by atoms with Crippen molar-refractivity contribution >= 4 is 23.4 Å². The Morgan fingerprint density at radius 3 is 2.71 bits per heavy atom. The summed E-state index contributed by atoms with van der Waals surface area (Å²) in [4.78, 5) is 25.0. The molecule has 2 rings (SSSR count). The highest BCUT2D eigenvalue weighted by Gasteiger charge is 2.18. The summed E-state index contributed by atoms with van der Waals surface area (Å²) in [5.41, 5.74) is 1.11. The number of benzene rings is 1. The van der Waals surface area contributed by atoms with Gasteiger partial charge in [-0.2, -0.15) is 0 Å². The zero-order valence-electron chi connectivity index (χ0n) is 12.1. The van der Waals surface area contributed by atoms with E-state index in [0.717, 1.165) is 31.5 Å². The molecule has 0 unspecified atom stereocenters. The first-order valence-electron chi connectivity index (χ1n) is 7.44. The van der Waals surface area contributed by atoms with Gasteiger partial charge in [0.25, 0.3) is 0 Å². The van der Waals surface area contributed by atoms with Gasteiger partial charge in [0.15, 0.2) is 0 Å². The van der Waals surface area contributed by atoms with Gasteiger partial charge in [-0.3, -0.25) is 9.59 Å². The molecule has 114 valence electrons. The van der Waals surface area contributed by atoms with Crippen LogP contribution in [0.5, 0.6) is 0 Å². The molecule has 1 aromatic rings. The number of rotatable bonds is 7. The van der Waals surface area contributed by atoms with Crippen LogP contribution in [0, 0.1) is 0 Å². The van der Waals surface area contributed by atoms with Crippen molar-refractivity contribution < 1.29 is 9.59 Å². The summed E-state index contributed by atoms with van der Waals surface area (Å²) in [5, 5.41) is 3.61. The molecule has 1 aliphatic rings. The lowest BCUT2D eigenvalue weighted by molar-refractivity contribution is -0.127. The van der Waals surface area contributed by atoms with Crippen molar-refractivity contribution in [2.75, 3.05) is 19.6 Å². The van der Waals surface area contributed by atoms with E-state index in [0.29, 0.717) is 30.8 Å². The zero-order valence-corrected chi connectivity index (χ0v) is 12.9. The highest BCUT2D eigenvalue weighted by molar-refractivity contribution is 6.30. The van der Waals surface area contributed by atoms with E-state index in [1.807, 2.05) is 29.2 Å². The van der Waals surface area contributed by atoms with Crippen LogP contribution < -0.4 is 5.32 Å². The first-order valence-corrected chi connectivity index (χ1v) is 7.82. The molecule has 0 radical (unpaired) electrons. The van der Waals surface area contributed by atoms with Crippen molar-refractivity contribution in [3.63, 3.8) is 0 Å². The average Bonchev–Trinajstić information content (AvgIpc) is 2.88. The monoisotopic (exact) mass is 308 g/mol. The Morgan fingerprint density at radius 2 is 2.05 bits per heavy atom. The molecule has 0 saturated carbocycles. The number of halogens is 1. The molecule has 2 amide bonds. The number of aryl methyl sites for hydroxylation is 1. The first kappa shape index (κ1) is 15.8. The molecule has 5 heteroatoms. The maximum absolute atomic E-state index is 11.7.